The van der Waals surface area contributed by atoms with Gasteiger partial charge in [-0.15, -0.1) is 0 Å². The molecule has 0 aromatic heterocycles. The van der Waals surface area contributed by atoms with E-state index in [-0.39, 0.29) is 35.4 Å². The third-order valence-corrected chi connectivity index (χ3v) is 3.65. The molecule has 1 aliphatic heterocycles. The van der Waals surface area contributed by atoms with E-state index in [2.05, 4.69) is 5.32 Å². The SMILES string of the molecule is CC(C)NC(=O)c1cccc(CN2C(=O)CSC2=O)c1. The highest BCUT2D eigenvalue weighted by Crippen LogP contribution is 2.21. The second-order valence-electron chi connectivity index (χ2n) is 4.86. The molecule has 1 aromatic rings. The van der Waals surface area contributed by atoms with Gasteiger partial charge < -0.3 is 5.32 Å². The fourth-order valence-electron chi connectivity index (χ4n) is 1.87. The third kappa shape index (κ3) is 3.39. The summed E-state index contributed by atoms with van der Waals surface area (Å²) >= 11 is 1.01. The molecular formula is C14H16N2O3S. The number of carbonyl (C=O) groups excluding carboxylic acids is 3. The van der Waals surface area contributed by atoms with Crippen LogP contribution < -0.4 is 5.32 Å². The van der Waals surface area contributed by atoms with E-state index >= 15 is 0 Å². The number of rotatable bonds is 4. The van der Waals surface area contributed by atoms with E-state index in [1.807, 2.05) is 13.8 Å². The molecule has 0 unspecified atom stereocenters. The Morgan fingerprint density at radius 1 is 1.40 bits per heavy atom. The van der Waals surface area contributed by atoms with Crippen LogP contribution in [0.4, 0.5) is 4.79 Å². The first-order valence-corrected chi connectivity index (χ1v) is 7.33. The van der Waals surface area contributed by atoms with Gasteiger partial charge in [-0.3, -0.25) is 19.3 Å². The Labute approximate surface area is 121 Å². The molecule has 0 atom stereocenters. The number of carbonyl (C=O) groups is 3. The predicted octanol–water partition coefficient (Wildman–Crippen LogP) is 2.02. The maximum absolute atomic E-state index is 11.9. The topological polar surface area (TPSA) is 66.5 Å². The molecule has 1 fully saturated rings. The lowest BCUT2D eigenvalue weighted by atomic mass is 10.1. The molecule has 0 radical (unpaired) electrons. The van der Waals surface area contributed by atoms with Crippen molar-refractivity contribution >= 4 is 28.8 Å². The molecule has 0 aliphatic carbocycles. The third-order valence-electron chi connectivity index (χ3n) is 2.79. The Morgan fingerprint density at radius 2 is 2.15 bits per heavy atom. The van der Waals surface area contributed by atoms with E-state index < -0.39 is 0 Å². The van der Waals surface area contributed by atoms with Crippen molar-refractivity contribution in [2.45, 2.75) is 26.4 Å². The predicted molar refractivity (Wildman–Crippen MR) is 77.4 cm³/mol. The standard InChI is InChI=1S/C14H16N2O3S/c1-9(2)15-13(18)11-5-3-4-10(6-11)7-16-12(17)8-20-14(16)19/h3-6,9H,7-8H2,1-2H3,(H,15,18). The fraction of sp³-hybridized carbons (Fsp3) is 0.357. The minimum absolute atomic E-state index is 0.0595. The van der Waals surface area contributed by atoms with Crippen LogP contribution in [0.15, 0.2) is 24.3 Å². The van der Waals surface area contributed by atoms with E-state index in [9.17, 15) is 14.4 Å². The molecule has 6 heteroatoms. The highest BCUT2D eigenvalue weighted by molar-refractivity contribution is 8.14. The summed E-state index contributed by atoms with van der Waals surface area (Å²) in [6.45, 7) is 3.99. The summed E-state index contributed by atoms with van der Waals surface area (Å²) in [7, 11) is 0. The van der Waals surface area contributed by atoms with Gasteiger partial charge in [-0.2, -0.15) is 0 Å². The van der Waals surface area contributed by atoms with Crippen molar-refractivity contribution in [3.8, 4) is 0 Å². The van der Waals surface area contributed by atoms with Crippen LogP contribution >= 0.6 is 11.8 Å². The maximum atomic E-state index is 11.9. The fourth-order valence-corrected chi connectivity index (χ4v) is 2.60. The molecule has 1 N–H and O–H groups in total. The molecule has 1 heterocycles. The summed E-state index contributed by atoms with van der Waals surface area (Å²) < 4.78 is 0. The largest absolute Gasteiger partial charge is 0.350 e. The summed E-state index contributed by atoms with van der Waals surface area (Å²) in [5.74, 6) is -0.140. The van der Waals surface area contributed by atoms with Crippen LogP contribution in [0, 0.1) is 0 Å². The van der Waals surface area contributed by atoms with E-state index in [1.54, 1.807) is 24.3 Å². The molecule has 3 amide bonds. The van der Waals surface area contributed by atoms with E-state index in [4.69, 9.17) is 0 Å². The molecule has 106 valence electrons. The first-order valence-electron chi connectivity index (χ1n) is 6.34. The number of thioether (sulfide) groups is 1. The van der Waals surface area contributed by atoms with Crippen molar-refractivity contribution in [1.29, 1.82) is 0 Å². The van der Waals surface area contributed by atoms with Gasteiger partial charge in [-0.1, -0.05) is 23.9 Å². The summed E-state index contributed by atoms with van der Waals surface area (Å²) in [4.78, 5) is 36.2. The van der Waals surface area contributed by atoms with Gasteiger partial charge in [0, 0.05) is 11.6 Å². The highest BCUT2D eigenvalue weighted by atomic mass is 32.2. The molecule has 0 bridgehead atoms. The molecule has 1 saturated heterocycles. The number of benzene rings is 1. The number of nitrogens with one attached hydrogen (secondary N) is 1. The summed E-state index contributed by atoms with van der Waals surface area (Å²) in [6.07, 6.45) is 0. The number of hydrogen-bond donors (Lipinski definition) is 1. The summed E-state index contributed by atoms with van der Waals surface area (Å²) in [6, 6.07) is 7.04. The van der Waals surface area contributed by atoms with E-state index in [0.29, 0.717) is 5.56 Å². The Bertz CT molecular complexity index is 541. The Morgan fingerprint density at radius 3 is 2.75 bits per heavy atom. The van der Waals surface area contributed by atoms with Gasteiger partial charge in [0.15, 0.2) is 0 Å². The molecule has 0 saturated carbocycles. The van der Waals surface area contributed by atoms with Crippen LogP contribution in [0.25, 0.3) is 0 Å². The van der Waals surface area contributed by atoms with E-state index in [0.717, 1.165) is 17.3 Å². The highest BCUT2D eigenvalue weighted by Gasteiger charge is 2.29. The van der Waals surface area contributed by atoms with Gasteiger partial charge in [0.2, 0.25) is 5.91 Å². The number of imide groups is 1. The zero-order valence-electron chi connectivity index (χ0n) is 11.4. The van der Waals surface area contributed by atoms with Gasteiger partial charge in [0.05, 0.1) is 12.3 Å². The molecule has 0 spiro atoms. The average Bonchev–Trinajstić information content (AvgIpc) is 2.70. The van der Waals surface area contributed by atoms with Crippen molar-refractivity contribution in [3.63, 3.8) is 0 Å². The van der Waals surface area contributed by atoms with Gasteiger partial charge in [-0.05, 0) is 31.5 Å². The maximum Gasteiger partial charge on any atom is 0.289 e. The van der Waals surface area contributed by atoms with Crippen molar-refractivity contribution in [2.75, 3.05) is 5.75 Å². The molecule has 20 heavy (non-hydrogen) atoms. The lowest BCUT2D eigenvalue weighted by molar-refractivity contribution is -0.125. The number of amides is 3. The van der Waals surface area contributed by atoms with Crippen LogP contribution in [0.2, 0.25) is 0 Å². The summed E-state index contributed by atoms with van der Waals surface area (Å²) in [5.41, 5.74) is 1.30. The zero-order valence-corrected chi connectivity index (χ0v) is 12.2. The second-order valence-corrected chi connectivity index (χ2v) is 5.79. The molecule has 5 nitrogen and oxygen atoms in total. The molecular weight excluding hydrogens is 276 g/mol. The zero-order chi connectivity index (χ0) is 14.7. The minimum atomic E-state index is -0.230. The Balaban J connectivity index is 2.12. The average molecular weight is 292 g/mol. The van der Waals surface area contributed by atoms with Crippen LogP contribution in [0.1, 0.15) is 29.8 Å². The quantitative estimate of drug-likeness (QED) is 0.922. The van der Waals surface area contributed by atoms with Crippen LogP contribution in [0.5, 0.6) is 0 Å². The molecule has 1 aromatic carbocycles. The van der Waals surface area contributed by atoms with Gasteiger partial charge in [0.25, 0.3) is 11.1 Å². The van der Waals surface area contributed by atoms with E-state index in [1.165, 1.54) is 4.90 Å². The number of hydrogen-bond acceptors (Lipinski definition) is 4. The molecule has 1 aliphatic rings. The minimum Gasteiger partial charge on any atom is -0.350 e. The summed E-state index contributed by atoms with van der Waals surface area (Å²) in [5, 5.41) is 2.58. The lowest BCUT2D eigenvalue weighted by Gasteiger charge is -2.14. The van der Waals surface area contributed by atoms with Crippen molar-refractivity contribution in [3.05, 3.63) is 35.4 Å². The van der Waals surface area contributed by atoms with Gasteiger partial charge in [0.1, 0.15) is 0 Å². The van der Waals surface area contributed by atoms with Crippen molar-refractivity contribution < 1.29 is 14.4 Å². The smallest absolute Gasteiger partial charge is 0.289 e. The van der Waals surface area contributed by atoms with Crippen LogP contribution in [-0.2, 0) is 11.3 Å². The molecule has 2 rings (SSSR count). The lowest BCUT2D eigenvalue weighted by Crippen LogP contribution is -2.30. The Hall–Kier alpha value is -1.82. The van der Waals surface area contributed by atoms with Crippen molar-refractivity contribution in [2.24, 2.45) is 0 Å². The normalized spacial score (nSPS) is 15.1. The first kappa shape index (κ1) is 14.6. The van der Waals surface area contributed by atoms with Crippen LogP contribution in [-0.4, -0.2) is 33.7 Å². The Kier molecular flexibility index (Phi) is 4.44. The first-order chi connectivity index (χ1) is 9.47. The second kappa shape index (κ2) is 6.09. The van der Waals surface area contributed by atoms with Crippen LogP contribution in [0.3, 0.4) is 0 Å². The number of nitrogens with zero attached hydrogens (tertiary/aromatic N) is 1. The van der Waals surface area contributed by atoms with Gasteiger partial charge in [-0.25, -0.2) is 0 Å². The van der Waals surface area contributed by atoms with Gasteiger partial charge >= 0.3 is 0 Å². The van der Waals surface area contributed by atoms with Crippen molar-refractivity contribution in [1.82, 2.24) is 10.2 Å². The monoisotopic (exact) mass is 292 g/mol.